The molecule has 1 aromatic carbocycles. The van der Waals surface area contributed by atoms with Gasteiger partial charge in [0, 0.05) is 50.6 Å². The van der Waals surface area contributed by atoms with Crippen LogP contribution in [0.1, 0.15) is 57.3 Å². The standard InChI is InChI=1S/C22H31FN4OS/c1-3-4-12-27(15-11-21(28)26-13-9-17(2)10-14-26)22-24-20(25-29-22)16-18-5-7-19(23)8-6-18/h5-8,17H,3-4,9-16H2,1-2H3. The Hall–Kier alpha value is -2.02. The van der Waals surface area contributed by atoms with Gasteiger partial charge in [-0.3, -0.25) is 4.79 Å². The highest BCUT2D eigenvalue weighted by atomic mass is 32.1. The van der Waals surface area contributed by atoms with Crippen molar-refractivity contribution in [2.24, 2.45) is 5.92 Å². The first-order valence-corrected chi connectivity index (χ1v) is 11.4. The number of nitrogens with zero attached hydrogens (tertiary/aromatic N) is 4. The molecule has 1 amide bonds. The Morgan fingerprint density at radius 2 is 1.97 bits per heavy atom. The third-order valence-corrected chi connectivity index (χ3v) is 6.33. The number of hydrogen-bond donors (Lipinski definition) is 0. The molecule has 0 saturated carbocycles. The van der Waals surface area contributed by atoms with Crippen LogP contribution in [0.4, 0.5) is 9.52 Å². The minimum absolute atomic E-state index is 0.237. The van der Waals surface area contributed by atoms with E-state index in [0.29, 0.717) is 19.4 Å². The van der Waals surface area contributed by atoms with Crippen molar-refractivity contribution >= 4 is 22.6 Å². The van der Waals surface area contributed by atoms with Crippen molar-refractivity contribution in [3.05, 3.63) is 41.5 Å². The number of carbonyl (C=O) groups excluding carboxylic acids is 1. The van der Waals surface area contributed by atoms with Gasteiger partial charge in [0.1, 0.15) is 11.6 Å². The van der Waals surface area contributed by atoms with E-state index >= 15 is 0 Å². The number of likely N-dealkylation sites (tertiary alicyclic amines) is 1. The van der Waals surface area contributed by atoms with Crippen molar-refractivity contribution in [3.8, 4) is 0 Å². The molecule has 3 rings (SSSR count). The van der Waals surface area contributed by atoms with E-state index in [1.807, 2.05) is 4.90 Å². The molecule has 0 unspecified atom stereocenters. The first-order valence-electron chi connectivity index (χ1n) is 10.6. The molecule has 2 heterocycles. The van der Waals surface area contributed by atoms with E-state index in [0.717, 1.165) is 67.8 Å². The molecular formula is C22H31FN4OS. The van der Waals surface area contributed by atoms with Gasteiger partial charge in [-0.1, -0.05) is 32.4 Å². The number of anilines is 1. The van der Waals surface area contributed by atoms with Crippen molar-refractivity contribution in [1.82, 2.24) is 14.3 Å². The van der Waals surface area contributed by atoms with Crippen LogP contribution in [0.5, 0.6) is 0 Å². The Morgan fingerprint density at radius 1 is 1.24 bits per heavy atom. The predicted octanol–water partition coefficient (Wildman–Crippen LogP) is 4.52. The number of halogens is 1. The lowest BCUT2D eigenvalue weighted by Crippen LogP contribution is -2.39. The summed E-state index contributed by atoms with van der Waals surface area (Å²) < 4.78 is 17.6. The molecule has 1 saturated heterocycles. The number of amides is 1. The lowest BCUT2D eigenvalue weighted by molar-refractivity contribution is -0.132. The zero-order valence-corrected chi connectivity index (χ0v) is 18.3. The lowest BCUT2D eigenvalue weighted by atomic mass is 9.99. The van der Waals surface area contributed by atoms with Crippen molar-refractivity contribution in [2.45, 2.75) is 52.4 Å². The van der Waals surface area contributed by atoms with E-state index < -0.39 is 0 Å². The molecule has 7 heteroatoms. The molecule has 2 aromatic rings. The van der Waals surface area contributed by atoms with Crippen LogP contribution >= 0.6 is 11.5 Å². The summed E-state index contributed by atoms with van der Waals surface area (Å²) in [5.41, 5.74) is 0.991. The molecule has 1 fully saturated rings. The first kappa shape index (κ1) is 21.7. The SMILES string of the molecule is CCCCN(CCC(=O)N1CCC(C)CC1)c1nc(Cc2ccc(F)cc2)ns1. The van der Waals surface area contributed by atoms with E-state index in [2.05, 4.69) is 23.1 Å². The molecule has 1 aliphatic rings. The molecule has 1 aliphatic heterocycles. The van der Waals surface area contributed by atoms with E-state index in [9.17, 15) is 9.18 Å². The fourth-order valence-electron chi connectivity index (χ4n) is 3.53. The molecule has 158 valence electrons. The van der Waals surface area contributed by atoms with Gasteiger partial charge >= 0.3 is 0 Å². The van der Waals surface area contributed by atoms with Crippen LogP contribution in [0.3, 0.4) is 0 Å². The summed E-state index contributed by atoms with van der Waals surface area (Å²) in [5.74, 6) is 1.48. The zero-order valence-electron chi connectivity index (χ0n) is 17.4. The molecular weight excluding hydrogens is 387 g/mol. The fraction of sp³-hybridized carbons (Fsp3) is 0.591. The van der Waals surface area contributed by atoms with E-state index in [1.54, 1.807) is 12.1 Å². The molecule has 0 N–H and O–H groups in total. The fourth-order valence-corrected chi connectivity index (χ4v) is 4.27. The average Bonchev–Trinajstić information content (AvgIpc) is 3.18. The quantitative estimate of drug-likeness (QED) is 0.601. The number of carbonyl (C=O) groups is 1. The van der Waals surface area contributed by atoms with Crippen LogP contribution in [-0.2, 0) is 11.2 Å². The number of rotatable bonds is 9. The number of benzene rings is 1. The summed E-state index contributed by atoms with van der Waals surface area (Å²) in [5, 5.41) is 0.871. The molecule has 29 heavy (non-hydrogen) atoms. The van der Waals surface area contributed by atoms with Crippen LogP contribution < -0.4 is 4.90 Å². The maximum atomic E-state index is 13.1. The molecule has 0 bridgehead atoms. The number of piperidine rings is 1. The number of hydrogen-bond acceptors (Lipinski definition) is 5. The van der Waals surface area contributed by atoms with Crippen molar-refractivity contribution in [1.29, 1.82) is 0 Å². The van der Waals surface area contributed by atoms with Gasteiger partial charge in [0.15, 0.2) is 0 Å². The Kier molecular flexibility index (Phi) is 7.98. The number of aromatic nitrogens is 2. The van der Waals surface area contributed by atoms with Crippen molar-refractivity contribution < 1.29 is 9.18 Å². The second kappa shape index (κ2) is 10.7. The molecule has 5 nitrogen and oxygen atoms in total. The van der Waals surface area contributed by atoms with Gasteiger partial charge in [-0.2, -0.15) is 4.37 Å². The molecule has 0 radical (unpaired) electrons. The summed E-state index contributed by atoms with van der Waals surface area (Å²) in [4.78, 5) is 21.5. The minimum atomic E-state index is -0.237. The minimum Gasteiger partial charge on any atom is -0.346 e. The zero-order chi connectivity index (χ0) is 20.6. The predicted molar refractivity (Wildman–Crippen MR) is 116 cm³/mol. The van der Waals surface area contributed by atoms with Gasteiger partial charge in [0.25, 0.3) is 0 Å². The second-order valence-corrected chi connectivity index (χ2v) is 8.68. The maximum Gasteiger partial charge on any atom is 0.224 e. The maximum absolute atomic E-state index is 13.1. The van der Waals surface area contributed by atoms with Crippen LogP contribution in [-0.4, -0.2) is 46.3 Å². The van der Waals surface area contributed by atoms with E-state index in [4.69, 9.17) is 4.98 Å². The monoisotopic (exact) mass is 418 g/mol. The smallest absolute Gasteiger partial charge is 0.224 e. The summed E-state index contributed by atoms with van der Waals surface area (Å²) in [6, 6.07) is 6.46. The molecule has 0 aliphatic carbocycles. The Balaban J connectivity index is 1.58. The van der Waals surface area contributed by atoms with Crippen LogP contribution in [0.25, 0.3) is 0 Å². The average molecular weight is 419 g/mol. The largest absolute Gasteiger partial charge is 0.346 e. The third kappa shape index (κ3) is 6.49. The number of unbranched alkanes of at least 4 members (excludes halogenated alkanes) is 1. The van der Waals surface area contributed by atoms with E-state index in [1.165, 1.54) is 23.7 Å². The third-order valence-electron chi connectivity index (χ3n) is 5.52. The highest BCUT2D eigenvalue weighted by molar-refractivity contribution is 7.09. The van der Waals surface area contributed by atoms with Crippen LogP contribution in [0.2, 0.25) is 0 Å². The summed E-state index contributed by atoms with van der Waals surface area (Å²) in [7, 11) is 0. The summed E-state index contributed by atoms with van der Waals surface area (Å²) in [6.45, 7) is 7.75. The molecule has 1 aromatic heterocycles. The van der Waals surface area contributed by atoms with Gasteiger partial charge in [-0.15, -0.1) is 0 Å². The van der Waals surface area contributed by atoms with Gasteiger partial charge in [-0.25, -0.2) is 9.37 Å². The highest BCUT2D eigenvalue weighted by Crippen LogP contribution is 2.21. The van der Waals surface area contributed by atoms with E-state index in [-0.39, 0.29) is 11.7 Å². The summed E-state index contributed by atoms with van der Waals surface area (Å²) in [6.07, 6.45) is 5.47. The second-order valence-electron chi connectivity index (χ2n) is 7.95. The Labute approximate surface area is 177 Å². The van der Waals surface area contributed by atoms with Crippen molar-refractivity contribution in [2.75, 3.05) is 31.1 Å². The van der Waals surface area contributed by atoms with Gasteiger partial charge < -0.3 is 9.80 Å². The Bertz CT molecular complexity index is 771. The van der Waals surface area contributed by atoms with Crippen LogP contribution in [0.15, 0.2) is 24.3 Å². The van der Waals surface area contributed by atoms with Gasteiger partial charge in [0.2, 0.25) is 11.0 Å². The Morgan fingerprint density at radius 3 is 2.66 bits per heavy atom. The topological polar surface area (TPSA) is 49.3 Å². The normalized spacial score (nSPS) is 14.9. The lowest BCUT2D eigenvalue weighted by Gasteiger charge is -2.31. The highest BCUT2D eigenvalue weighted by Gasteiger charge is 2.21. The molecule has 0 spiro atoms. The van der Waals surface area contributed by atoms with Crippen molar-refractivity contribution in [3.63, 3.8) is 0 Å². The van der Waals surface area contributed by atoms with Gasteiger partial charge in [0.05, 0.1) is 0 Å². The summed E-state index contributed by atoms with van der Waals surface area (Å²) >= 11 is 1.38. The van der Waals surface area contributed by atoms with Crippen LogP contribution in [0, 0.1) is 11.7 Å². The van der Waals surface area contributed by atoms with Gasteiger partial charge in [-0.05, 0) is 42.9 Å². The first-order chi connectivity index (χ1) is 14.0. The molecule has 0 atom stereocenters.